The van der Waals surface area contributed by atoms with Gasteiger partial charge >= 0.3 is 12.1 Å². The van der Waals surface area contributed by atoms with Gasteiger partial charge in [0, 0.05) is 6.20 Å². The quantitative estimate of drug-likeness (QED) is 0.614. The van der Waals surface area contributed by atoms with E-state index >= 15 is 0 Å². The van der Waals surface area contributed by atoms with Crippen LogP contribution in [0.15, 0.2) is 59.5 Å². The van der Waals surface area contributed by atoms with E-state index in [4.69, 9.17) is 16.3 Å². The van der Waals surface area contributed by atoms with Crippen LogP contribution >= 0.6 is 11.6 Å². The number of pyridine rings is 1. The van der Waals surface area contributed by atoms with E-state index in [0.29, 0.717) is 16.8 Å². The van der Waals surface area contributed by atoms with Gasteiger partial charge in [-0.3, -0.25) is 9.59 Å². The van der Waals surface area contributed by atoms with Gasteiger partial charge in [-0.2, -0.15) is 13.2 Å². The van der Waals surface area contributed by atoms with Gasteiger partial charge in [-0.1, -0.05) is 54.1 Å². The molecule has 3 rings (SSSR count). The molecule has 0 fully saturated rings. The van der Waals surface area contributed by atoms with Gasteiger partial charge in [0.2, 0.25) is 0 Å². The van der Waals surface area contributed by atoms with Crippen LogP contribution in [0.25, 0.3) is 10.8 Å². The van der Waals surface area contributed by atoms with Crippen LogP contribution < -0.4 is 5.56 Å². The molecule has 0 bridgehead atoms. The minimum absolute atomic E-state index is 0.0678. The van der Waals surface area contributed by atoms with Gasteiger partial charge in [-0.25, -0.2) is 0 Å². The number of nitrogens with zero attached hydrogens (tertiary/aromatic N) is 1. The van der Waals surface area contributed by atoms with Crippen molar-refractivity contribution in [1.29, 1.82) is 0 Å². The highest BCUT2D eigenvalue weighted by Gasteiger charge is 2.32. The van der Waals surface area contributed by atoms with E-state index in [0.717, 1.165) is 16.3 Å². The van der Waals surface area contributed by atoms with Crippen LogP contribution in [0.3, 0.4) is 0 Å². The van der Waals surface area contributed by atoms with Crippen molar-refractivity contribution in [1.82, 2.24) is 4.57 Å². The lowest BCUT2D eigenvalue weighted by Gasteiger charge is -2.12. The lowest BCUT2D eigenvalue weighted by molar-refractivity contribution is -0.146. The Morgan fingerprint density at radius 1 is 1.11 bits per heavy atom. The summed E-state index contributed by atoms with van der Waals surface area (Å²) in [6, 6.07) is 13.5. The van der Waals surface area contributed by atoms with E-state index < -0.39 is 34.8 Å². The van der Waals surface area contributed by atoms with Gasteiger partial charge in [-0.15, -0.1) is 0 Å². The van der Waals surface area contributed by atoms with Crippen molar-refractivity contribution in [2.45, 2.75) is 19.3 Å². The number of aromatic nitrogens is 1. The van der Waals surface area contributed by atoms with Crippen molar-refractivity contribution < 1.29 is 22.7 Å². The van der Waals surface area contributed by atoms with Crippen molar-refractivity contribution in [3.8, 4) is 0 Å². The van der Waals surface area contributed by atoms with Crippen molar-refractivity contribution in [3.05, 3.63) is 81.2 Å². The van der Waals surface area contributed by atoms with Crippen LogP contribution in [-0.2, 0) is 28.9 Å². The van der Waals surface area contributed by atoms with E-state index in [1.54, 1.807) is 6.07 Å². The first kappa shape index (κ1) is 19.0. The van der Waals surface area contributed by atoms with Crippen molar-refractivity contribution in [3.63, 3.8) is 0 Å². The van der Waals surface area contributed by atoms with Gasteiger partial charge in [-0.05, 0) is 22.4 Å². The molecule has 0 saturated carbocycles. The van der Waals surface area contributed by atoms with Gasteiger partial charge < -0.3 is 9.30 Å². The van der Waals surface area contributed by atoms with E-state index in [9.17, 15) is 22.8 Å². The maximum Gasteiger partial charge on any atom is 0.417 e. The molecule has 0 unspecified atom stereocenters. The summed E-state index contributed by atoms with van der Waals surface area (Å²) in [6.07, 6.45) is -4.14. The highest BCUT2D eigenvalue weighted by atomic mass is 35.5. The first-order valence-corrected chi connectivity index (χ1v) is 8.23. The number of alkyl halides is 3. The van der Waals surface area contributed by atoms with Crippen LogP contribution in [0.1, 0.15) is 11.1 Å². The number of halogens is 4. The molecule has 0 aliphatic heterocycles. The van der Waals surface area contributed by atoms with E-state index in [1.807, 2.05) is 36.4 Å². The zero-order valence-electron chi connectivity index (χ0n) is 13.8. The summed E-state index contributed by atoms with van der Waals surface area (Å²) < 4.78 is 44.3. The molecule has 4 nitrogen and oxygen atoms in total. The van der Waals surface area contributed by atoms with Crippen LogP contribution in [0, 0.1) is 0 Å². The number of esters is 1. The summed E-state index contributed by atoms with van der Waals surface area (Å²) >= 11 is 5.56. The third kappa shape index (κ3) is 4.31. The fourth-order valence-corrected chi connectivity index (χ4v) is 2.86. The average Bonchev–Trinajstić information content (AvgIpc) is 2.62. The number of hydrogen-bond donors (Lipinski definition) is 0. The predicted molar refractivity (Wildman–Crippen MR) is 94.5 cm³/mol. The number of hydrogen-bond acceptors (Lipinski definition) is 3. The monoisotopic (exact) mass is 395 g/mol. The Bertz CT molecular complexity index is 1050. The molecule has 1 aromatic heterocycles. The SMILES string of the molecule is O=C(Cn1cc(C(F)(F)F)cc(Cl)c1=O)OCc1cccc2ccccc12. The Morgan fingerprint density at radius 2 is 1.81 bits per heavy atom. The van der Waals surface area contributed by atoms with Crippen molar-refractivity contribution in [2.75, 3.05) is 0 Å². The molecule has 0 amide bonds. The zero-order chi connectivity index (χ0) is 19.6. The van der Waals surface area contributed by atoms with Crippen LogP contribution in [0.5, 0.6) is 0 Å². The predicted octanol–water partition coefficient (Wildman–Crippen LogP) is 4.42. The normalized spacial score (nSPS) is 11.6. The first-order valence-electron chi connectivity index (χ1n) is 7.85. The maximum absolute atomic E-state index is 12.8. The highest BCUT2D eigenvalue weighted by molar-refractivity contribution is 6.30. The zero-order valence-corrected chi connectivity index (χ0v) is 14.6. The van der Waals surface area contributed by atoms with Gasteiger partial charge in [0.25, 0.3) is 5.56 Å². The Morgan fingerprint density at radius 3 is 2.56 bits per heavy atom. The highest BCUT2D eigenvalue weighted by Crippen LogP contribution is 2.29. The molecule has 0 N–H and O–H groups in total. The first-order chi connectivity index (χ1) is 12.8. The van der Waals surface area contributed by atoms with Crippen molar-refractivity contribution in [2.24, 2.45) is 0 Å². The molecule has 0 atom stereocenters. The molecule has 140 valence electrons. The van der Waals surface area contributed by atoms with Gasteiger partial charge in [0.05, 0.1) is 5.56 Å². The number of carbonyl (C=O) groups excluding carboxylic acids is 1. The second-order valence-corrected chi connectivity index (χ2v) is 6.21. The summed E-state index contributed by atoms with van der Waals surface area (Å²) in [5.41, 5.74) is -1.27. The molecular formula is C19H13ClF3NO3. The lowest BCUT2D eigenvalue weighted by Crippen LogP contribution is -2.27. The minimum atomic E-state index is -4.69. The number of ether oxygens (including phenoxy) is 1. The average molecular weight is 396 g/mol. The maximum atomic E-state index is 12.8. The van der Waals surface area contributed by atoms with Gasteiger partial charge in [0.15, 0.2) is 0 Å². The fourth-order valence-electron chi connectivity index (χ4n) is 2.63. The molecule has 8 heteroatoms. The second-order valence-electron chi connectivity index (χ2n) is 5.81. The molecule has 27 heavy (non-hydrogen) atoms. The molecule has 0 spiro atoms. The number of rotatable bonds is 4. The van der Waals surface area contributed by atoms with E-state index in [2.05, 4.69) is 0 Å². The molecule has 0 aliphatic carbocycles. The summed E-state index contributed by atoms with van der Waals surface area (Å²) in [5, 5.41) is 1.24. The smallest absolute Gasteiger partial charge is 0.417 e. The molecule has 2 aromatic carbocycles. The van der Waals surface area contributed by atoms with Gasteiger partial charge in [0.1, 0.15) is 18.2 Å². The second kappa shape index (κ2) is 7.44. The Balaban J connectivity index is 1.76. The molecule has 0 radical (unpaired) electrons. The molecule has 0 saturated heterocycles. The third-order valence-corrected chi connectivity index (χ3v) is 4.21. The van der Waals surface area contributed by atoms with E-state index in [1.165, 1.54) is 0 Å². The largest absolute Gasteiger partial charge is 0.459 e. The van der Waals surface area contributed by atoms with E-state index in [-0.39, 0.29) is 6.61 Å². The summed E-state index contributed by atoms with van der Waals surface area (Å²) in [7, 11) is 0. The summed E-state index contributed by atoms with van der Waals surface area (Å²) in [6.45, 7) is -0.741. The molecule has 1 heterocycles. The number of carbonyl (C=O) groups is 1. The van der Waals surface area contributed by atoms with Crippen LogP contribution in [-0.4, -0.2) is 10.5 Å². The lowest BCUT2D eigenvalue weighted by atomic mass is 10.1. The summed E-state index contributed by atoms with van der Waals surface area (Å²) in [4.78, 5) is 23.9. The Labute approximate surface area is 156 Å². The van der Waals surface area contributed by atoms with Crippen molar-refractivity contribution >= 4 is 28.3 Å². The number of benzene rings is 2. The summed E-state index contributed by atoms with van der Waals surface area (Å²) in [5.74, 6) is -0.847. The topological polar surface area (TPSA) is 48.3 Å². The van der Waals surface area contributed by atoms with Crippen LogP contribution in [0.4, 0.5) is 13.2 Å². The Hall–Kier alpha value is -2.80. The standard InChI is InChI=1S/C19H13ClF3NO3/c20-16-8-14(19(21,22)23)9-24(18(16)26)10-17(25)27-11-13-6-3-5-12-4-1-2-7-15(12)13/h1-9H,10-11H2. The fraction of sp³-hybridized carbons (Fsp3) is 0.158. The Kier molecular flexibility index (Phi) is 5.23. The van der Waals surface area contributed by atoms with Crippen LogP contribution in [0.2, 0.25) is 5.02 Å². The molecular weight excluding hydrogens is 383 g/mol. The molecule has 3 aromatic rings. The number of fused-ring (bicyclic) bond motifs is 1. The minimum Gasteiger partial charge on any atom is -0.459 e. The molecule has 0 aliphatic rings. The third-order valence-electron chi connectivity index (χ3n) is 3.94.